The molecule has 3 aromatic carbocycles. The highest BCUT2D eigenvalue weighted by Gasteiger charge is 2.13. The van der Waals surface area contributed by atoms with E-state index in [1.54, 1.807) is 0 Å². The fourth-order valence-electron chi connectivity index (χ4n) is 3.83. The van der Waals surface area contributed by atoms with Crippen LogP contribution in [0.1, 0.15) is 79.1 Å². The van der Waals surface area contributed by atoms with Gasteiger partial charge in [0.2, 0.25) is 0 Å². The lowest BCUT2D eigenvalue weighted by molar-refractivity contribution is 0.296. The van der Waals surface area contributed by atoms with E-state index in [0.717, 1.165) is 95.9 Å². The van der Waals surface area contributed by atoms with Crippen LogP contribution in [-0.2, 0) is 0 Å². The lowest BCUT2D eigenvalue weighted by Crippen LogP contribution is -2.01. The molecule has 0 aliphatic heterocycles. The van der Waals surface area contributed by atoms with Crippen molar-refractivity contribution >= 4 is 21.5 Å². The summed E-state index contributed by atoms with van der Waals surface area (Å²) in [7, 11) is 0. The van der Waals surface area contributed by atoms with Crippen molar-refractivity contribution in [3.8, 4) is 23.0 Å². The largest absolute Gasteiger partial charge is 0.493 e. The average Bonchev–Trinajstić information content (AvgIpc) is 2.84. The maximum Gasteiger partial charge on any atom is 0.130 e. The SMILES string of the molecule is CCCCOc1cc(OCCCC)c2cc3cc(OCCCC)cc(OCCCC)c3cc2c1. The predicted octanol–water partition coefficient (Wildman–Crippen LogP) is 8.71. The van der Waals surface area contributed by atoms with Crippen molar-refractivity contribution in [3.05, 3.63) is 36.4 Å². The first kappa shape index (κ1) is 26.0. The Balaban J connectivity index is 2.07. The van der Waals surface area contributed by atoms with Gasteiger partial charge in [-0.25, -0.2) is 0 Å². The molecule has 0 radical (unpaired) electrons. The number of fused-ring (bicyclic) bond motifs is 2. The highest BCUT2D eigenvalue weighted by Crippen LogP contribution is 2.39. The summed E-state index contributed by atoms with van der Waals surface area (Å²) in [5, 5.41) is 4.40. The summed E-state index contributed by atoms with van der Waals surface area (Å²) in [6.07, 6.45) is 8.56. The van der Waals surface area contributed by atoms with Gasteiger partial charge in [0.05, 0.1) is 26.4 Å². The van der Waals surface area contributed by atoms with Crippen molar-refractivity contribution < 1.29 is 18.9 Å². The van der Waals surface area contributed by atoms with Crippen LogP contribution in [0.25, 0.3) is 21.5 Å². The quantitative estimate of drug-likeness (QED) is 0.156. The second-order valence-corrected chi connectivity index (χ2v) is 8.95. The molecule has 0 unspecified atom stereocenters. The van der Waals surface area contributed by atoms with Crippen molar-refractivity contribution in [2.24, 2.45) is 0 Å². The minimum atomic E-state index is 0.702. The van der Waals surface area contributed by atoms with Crippen LogP contribution in [0.5, 0.6) is 23.0 Å². The molecule has 0 fully saturated rings. The monoisotopic (exact) mass is 466 g/mol. The normalized spacial score (nSPS) is 11.2. The van der Waals surface area contributed by atoms with Gasteiger partial charge in [0.25, 0.3) is 0 Å². The van der Waals surface area contributed by atoms with E-state index in [0.29, 0.717) is 26.4 Å². The first-order chi connectivity index (χ1) is 16.7. The van der Waals surface area contributed by atoms with E-state index in [-0.39, 0.29) is 0 Å². The average molecular weight is 467 g/mol. The third-order valence-corrected chi connectivity index (χ3v) is 5.94. The van der Waals surface area contributed by atoms with E-state index in [2.05, 4.69) is 52.0 Å². The van der Waals surface area contributed by atoms with Crippen LogP contribution < -0.4 is 18.9 Å². The van der Waals surface area contributed by atoms with Gasteiger partial charge in [-0.1, -0.05) is 53.4 Å². The molecule has 3 aromatic rings. The molecule has 34 heavy (non-hydrogen) atoms. The topological polar surface area (TPSA) is 36.9 Å². The summed E-state index contributed by atoms with van der Waals surface area (Å²) in [5.74, 6) is 3.48. The number of rotatable bonds is 16. The minimum Gasteiger partial charge on any atom is -0.493 e. The molecule has 0 bridgehead atoms. The van der Waals surface area contributed by atoms with Gasteiger partial charge in [-0.15, -0.1) is 0 Å². The zero-order valence-corrected chi connectivity index (χ0v) is 21.6. The number of ether oxygens (including phenoxy) is 4. The molecule has 4 nitrogen and oxygen atoms in total. The Hall–Kier alpha value is -2.62. The van der Waals surface area contributed by atoms with Gasteiger partial charge in [-0.2, -0.15) is 0 Å². The first-order valence-electron chi connectivity index (χ1n) is 13.3. The Labute approximate surface area is 205 Å². The summed E-state index contributed by atoms with van der Waals surface area (Å²) in [6, 6.07) is 12.7. The molecule has 0 amide bonds. The Bertz CT molecular complexity index is 944. The molecule has 0 saturated carbocycles. The Morgan fingerprint density at radius 2 is 0.794 bits per heavy atom. The van der Waals surface area contributed by atoms with Crippen LogP contribution in [0, 0.1) is 0 Å². The Kier molecular flexibility index (Phi) is 10.7. The first-order valence-corrected chi connectivity index (χ1v) is 13.3. The molecular formula is C30H42O4. The van der Waals surface area contributed by atoms with Gasteiger partial charge in [-0.3, -0.25) is 0 Å². The van der Waals surface area contributed by atoms with Crippen LogP contribution in [0.15, 0.2) is 36.4 Å². The summed E-state index contributed by atoms with van der Waals surface area (Å²) in [6.45, 7) is 11.5. The fraction of sp³-hybridized carbons (Fsp3) is 0.533. The second kappa shape index (κ2) is 13.9. The van der Waals surface area contributed by atoms with Crippen LogP contribution >= 0.6 is 0 Å². The fourth-order valence-corrected chi connectivity index (χ4v) is 3.83. The molecule has 0 spiro atoms. The zero-order chi connectivity index (χ0) is 24.2. The Morgan fingerprint density at radius 3 is 1.15 bits per heavy atom. The van der Waals surface area contributed by atoms with E-state index in [4.69, 9.17) is 18.9 Å². The molecular weight excluding hydrogens is 424 g/mol. The molecule has 0 atom stereocenters. The minimum absolute atomic E-state index is 0.702. The predicted molar refractivity (Wildman–Crippen MR) is 143 cm³/mol. The molecule has 3 rings (SSSR count). The molecule has 0 aromatic heterocycles. The van der Waals surface area contributed by atoms with Gasteiger partial charge >= 0.3 is 0 Å². The summed E-state index contributed by atoms with van der Waals surface area (Å²) >= 11 is 0. The Morgan fingerprint density at radius 1 is 0.441 bits per heavy atom. The summed E-state index contributed by atoms with van der Waals surface area (Å²) in [4.78, 5) is 0. The summed E-state index contributed by atoms with van der Waals surface area (Å²) < 4.78 is 24.6. The molecule has 0 aliphatic rings. The highest BCUT2D eigenvalue weighted by atomic mass is 16.5. The van der Waals surface area contributed by atoms with Gasteiger partial charge in [-0.05, 0) is 60.7 Å². The lowest BCUT2D eigenvalue weighted by Gasteiger charge is -2.16. The van der Waals surface area contributed by atoms with Crippen LogP contribution in [0.4, 0.5) is 0 Å². The van der Waals surface area contributed by atoms with E-state index in [9.17, 15) is 0 Å². The van der Waals surface area contributed by atoms with Crippen LogP contribution in [0.2, 0.25) is 0 Å². The maximum atomic E-state index is 6.23. The van der Waals surface area contributed by atoms with Gasteiger partial charge < -0.3 is 18.9 Å². The standard InChI is InChI=1S/C30H42O4/c1-5-9-13-31-25-17-23-19-28-24(20-27(23)29(21-25)33-15-11-7-3)18-26(32-14-10-6-2)22-30(28)34-16-12-8-4/h17-22H,5-16H2,1-4H3. The lowest BCUT2D eigenvalue weighted by atomic mass is 10.0. The number of unbranched alkanes of at least 4 members (excludes halogenated alkanes) is 4. The summed E-state index contributed by atoms with van der Waals surface area (Å²) in [5.41, 5.74) is 0. The van der Waals surface area contributed by atoms with Gasteiger partial charge in [0.15, 0.2) is 0 Å². The number of hydrogen-bond acceptors (Lipinski definition) is 4. The number of hydrogen-bond donors (Lipinski definition) is 0. The van der Waals surface area contributed by atoms with E-state index in [1.807, 2.05) is 12.1 Å². The molecule has 0 aliphatic carbocycles. The van der Waals surface area contributed by atoms with Crippen molar-refractivity contribution in [3.63, 3.8) is 0 Å². The van der Waals surface area contributed by atoms with Gasteiger partial charge in [0, 0.05) is 22.9 Å². The van der Waals surface area contributed by atoms with Gasteiger partial charge in [0.1, 0.15) is 23.0 Å². The van der Waals surface area contributed by atoms with E-state index in [1.165, 1.54) is 0 Å². The third kappa shape index (κ3) is 7.19. The molecule has 0 heterocycles. The highest BCUT2D eigenvalue weighted by molar-refractivity contribution is 6.04. The molecule has 4 heteroatoms. The number of benzene rings is 3. The molecule has 0 N–H and O–H groups in total. The molecule has 186 valence electrons. The smallest absolute Gasteiger partial charge is 0.130 e. The second-order valence-electron chi connectivity index (χ2n) is 8.95. The van der Waals surface area contributed by atoms with Crippen molar-refractivity contribution in [1.29, 1.82) is 0 Å². The van der Waals surface area contributed by atoms with Crippen LogP contribution in [-0.4, -0.2) is 26.4 Å². The van der Waals surface area contributed by atoms with E-state index < -0.39 is 0 Å². The zero-order valence-electron chi connectivity index (χ0n) is 21.6. The van der Waals surface area contributed by atoms with Crippen LogP contribution in [0.3, 0.4) is 0 Å². The van der Waals surface area contributed by atoms with Crippen molar-refractivity contribution in [1.82, 2.24) is 0 Å². The maximum absolute atomic E-state index is 6.23. The van der Waals surface area contributed by atoms with E-state index >= 15 is 0 Å². The van der Waals surface area contributed by atoms with Crippen molar-refractivity contribution in [2.75, 3.05) is 26.4 Å². The third-order valence-electron chi connectivity index (χ3n) is 5.94. The van der Waals surface area contributed by atoms with Crippen molar-refractivity contribution in [2.45, 2.75) is 79.1 Å². The molecule has 0 saturated heterocycles.